The summed E-state index contributed by atoms with van der Waals surface area (Å²) in [5.41, 5.74) is 0.272. The Morgan fingerprint density at radius 3 is 2.61 bits per heavy atom. The van der Waals surface area contributed by atoms with E-state index < -0.39 is 21.5 Å². The van der Waals surface area contributed by atoms with Crippen LogP contribution < -0.4 is 0 Å². The average Bonchev–Trinajstić information content (AvgIpc) is 2.32. The van der Waals surface area contributed by atoms with Gasteiger partial charge in [0, 0.05) is 22.3 Å². The van der Waals surface area contributed by atoms with Crippen LogP contribution in [0.2, 0.25) is 0 Å². The highest BCUT2D eigenvalue weighted by Gasteiger charge is 2.14. The van der Waals surface area contributed by atoms with E-state index in [4.69, 9.17) is 0 Å². The van der Waals surface area contributed by atoms with Crippen LogP contribution in [0.5, 0.6) is 0 Å². The van der Waals surface area contributed by atoms with Crippen LogP contribution in [0, 0.1) is 11.6 Å². The van der Waals surface area contributed by atoms with Gasteiger partial charge in [0.25, 0.3) is 0 Å². The quantitative estimate of drug-likeness (QED) is 0.808. The lowest BCUT2D eigenvalue weighted by Crippen LogP contribution is -2.11. The Morgan fingerprint density at radius 1 is 1.33 bits per heavy atom. The first-order valence-corrected chi connectivity index (χ1v) is 8.49. The molecular formula is C12H16F2O2S2. The Morgan fingerprint density at radius 2 is 2.00 bits per heavy atom. The third kappa shape index (κ3) is 4.57. The molecule has 0 saturated carbocycles. The summed E-state index contributed by atoms with van der Waals surface area (Å²) in [6, 6.07) is 3.31. The fourth-order valence-corrected chi connectivity index (χ4v) is 3.82. The average molecular weight is 294 g/mol. The highest BCUT2D eigenvalue weighted by atomic mass is 32.2. The van der Waals surface area contributed by atoms with E-state index in [0.717, 1.165) is 18.2 Å². The molecule has 0 unspecified atom stereocenters. The zero-order chi connectivity index (χ0) is 13.8. The molecule has 1 rings (SSSR count). The van der Waals surface area contributed by atoms with Gasteiger partial charge in [0.2, 0.25) is 0 Å². The first kappa shape index (κ1) is 15.4. The molecule has 0 bridgehead atoms. The minimum absolute atomic E-state index is 0.0649. The van der Waals surface area contributed by atoms with Crippen molar-refractivity contribution in [2.75, 3.05) is 17.3 Å². The van der Waals surface area contributed by atoms with Crippen LogP contribution in [0.15, 0.2) is 18.2 Å². The normalized spacial score (nSPS) is 13.6. The number of benzene rings is 1. The molecule has 1 aromatic rings. The predicted molar refractivity (Wildman–Crippen MR) is 71.6 cm³/mol. The second-order valence-electron chi connectivity index (χ2n) is 3.92. The van der Waals surface area contributed by atoms with Crippen LogP contribution in [-0.2, 0) is 9.84 Å². The molecule has 0 amide bonds. The first-order chi connectivity index (χ1) is 8.35. The zero-order valence-electron chi connectivity index (χ0n) is 10.3. The first-order valence-electron chi connectivity index (χ1n) is 5.62. The van der Waals surface area contributed by atoms with E-state index in [1.165, 1.54) is 11.8 Å². The Bertz CT molecular complexity index is 501. The fraction of sp³-hybridized carbons (Fsp3) is 0.500. The van der Waals surface area contributed by atoms with Crippen LogP contribution >= 0.6 is 11.8 Å². The maximum atomic E-state index is 13.4. The summed E-state index contributed by atoms with van der Waals surface area (Å²) in [6.07, 6.45) is 0. The second-order valence-corrected chi connectivity index (χ2v) is 7.84. The van der Waals surface area contributed by atoms with Gasteiger partial charge in [-0.15, -0.1) is 0 Å². The minimum atomic E-state index is -3.00. The van der Waals surface area contributed by atoms with Crippen molar-refractivity contribution in [1.29, 1.82) is 0 Å². The highest BCUT2D eigenvalue weighted by molar-refractivity contribution is 8.00. The summed E-state index contributed by atoms with van der Waals surface area (Å²) in [4.78, 5) is 0. The zero-order valence-corrected chi connectivity index (χ0v) is 12.0. The van der Waals surface area contributed by atoms with Gasteiger partial charge >= 0.3 is 0 Å². The molecule has 0 spiro atoms. The molecular weight excluding hydrogens is 278 g/mol. The molecule has 1 aromatic carbocycles. The van der Waals surface area contributed by atoms with Crippen molar-refractivity contribution in [2.45, 2.75) is 19.1 Å². The minimum Gasteiger partial charge on any atom is -0.229 e. The SMILES string of the molecule is CCS(=O)(=O)CCS[C@H](C)c1cc(F)ccc1F. The van der Waals surface area contributed by atoms with Gasteiger partial charge in [-0.25, -0.2) is 17.2 Å². The highest BCUT2D eigenvalue weighted by Crippen LogP contribution is 2.30. The molecule has 0 saturated heterocycles. The molecule has 102 valence electrons. The lowest BCUT2D eigenvalue weighted by Gasteiger charge is -2.12. The molecule has 0 heterocycles. The number of halogens is 2. The maximum Gasteiger partial charge on any atom is 0.150 e. The van der Waals surface area contributed by atoms with Crippen LogP contribution in [0.1, 0.15) is 24.7 Å². The van der Waals surface area contributed by atoms with Crippen LogP contribution in [0.25, 0.3) is 0 Å². The molecule has 0 aliphatic carbocycles. The topological polar surface area (TPSA) is 34.1 Å². The van der Waals surface area contributed by atoms with E-state index in [9.17, 15) is 17.2 Å². The molecule has 2 nitrogen and oxygen atoms in total. The molecule has 0 N–H and O–H groups in total. The monoisotopic (exact) mass is 294 g/mol. The largest absolute Gasteiger partial charge is 0.229 e. The Labute approximate surface area is 111 Å². The standard InChI is InChI=1S/C12H16F2O2S2/c1-3-18(15,16)7-6-17-9(2)11-8-10(13)4-5-12(11)14/h4-5,8-9H,3,6-7H2,1-2H3/t9-/m1/s1. The lowest BCUT2D eigenvalue weighted by atomic mass is 10.1. The van der Waals surface area contributed by atoms with Crippen LogP contribution in [0.4, 0.5) is 8.78 Å². The van der Waals surface area contributed by atoms with Crippen molar-refractivity contribution < 1.29 is 17.2 Å². The van der Waals surface area contributed by atoms with Crippen molar-refractivity contribution in [2.24, 2.45) is 0 Å². The molecule has 1 atom stereocenters. The molecule has 0 radical (unpaired) electrons. The molecule has 0 aliphatic heterocycles. The summed E-state index contributed by atoms with van der Waals surface area (Å²) in [6.45, 7) is 3.33. The molecule has 0 aliphatic rings. The summed E-state index contributed by atoms with van der Waals surface area (Å²) in [7, 11) is -3.00. The number of rotatable bonds is 6. The lowest BCUT2D eigenvalue weighted by molar-refractivity contribution is 0.586. The van der Waals surface area contributed by atoms with Crippen molar-refractivity contribution in [3.05, 3.63) is 35.4 Å². The second kappa shape index (κ2) is 6.52. The van der Waals surface area contributed by atoms with Gasteiger partial charge in [0.1, 0.15) is 11.6 Å². The number of thioether (sulfide) groups is 1. The van der Waals surface area contributed by atoms with E-state index in [-0.39, 0.29) is 22.3 Å². The summed E-state index contributed by atoms with van der Waals surface area (Å²) >= 11 is 1.31. The van der Waals surface area contributed by atoms with E-state index in [1.807, 2.05) is 0 Å². The summed E-state index contributed by atoms with van der Waals surface area (Å²) in [5, 5.41) is -0.271. The van der Waals surface area contributed by atoms with E-state index >= 15 is 0 Å². The number of sulfone groups is 1. The van der Waals surface area contributed by atoms with Gasteiger partial charge in [-0.05, 0) is 25.1 Å². The molecule has 0 fully saturated rings. The van der Waals surface area contributed by atoms with Crippen molar-refractivity contribution in [3.8, 4) is 0 Å². The van der Waals surface area contributed by atoms with Gasteiger partial charge < -0.3 is 0 Å². The van der Waals surface area contributed by atoms with Gasteiger partial charge in [0.15, 0.2) is 9.84 Å². The Balaban J connectivity index is 2.61. The summed E-state index contributed by atoms with van der Waals surface area (Å²) < 4.78 is 49.0. The van der Waals surface area contributed by atoms with Gasteiger partial charge in [-0.3, -0.25) is 0 Å². The Kier molecular flexibility index (Phi) is 5.59. The predicted octanol–water partition coefficient (Wildman–Crippen LogP) is 3.19. The van der Waals surface area contributed by atoms with Gasteiger partial charge in [-0.2, -0.15) is 11.8 Å². The van der Waals surface area contributed by atoms with Crippen molar-refractivity contribution in [3.63, 3.8) is 0 Å². The van der Waals surface area contributed by atoms with Crippen LogP contribution in [-0.4, -0.2) is 25.7 Å². The molecule has 0 aromatic heterocycles. The van der Waals surface area contributed by atoms with Crippen LogP contribution in [0.3, 0.4) is 0 Å². The summed E-state index contributed by atoms with van der Waals surface area (Å²) in [5.74, 6) is -0.395. The number of hydrogen-bond donors (Lipinski definition) is 0. The smallest absolute Gasteiger partial charge is 0.150 e. The van der Waals surface area contributed by atoms with E-state index in [1.54, 1.807) is 13.8 Å². The van der Waals surface area contributed by atoms with Gasteiger partial charge in [0.05, 0.1) is 5.75 Å². The molecule has 18 heavy (non-hydrogen) atoms. The Hall–Kier alpha value is -0.620. The van der Waals surface area contributed by atoms with Gasteiger partial charge in [-0.1, -0.05) is 6.92 Å². The number of hydrogen-bond acceptors (Lipinski definition) is 3. The van der Waals surface area contributed by atoms with E-state index in [2.05, 4.69) is 0 Å². The fourth-order valence-electron chi connectivity index (χ4n) is 1.41. The third-order valence-electron chi connectivity index (χ3n) is 2.60. The van der Waals surface area contributed by atoms with E-state index in [0.29, 0.717) is 5.75 Å². The van der Waals surface area contributed by atoms with Crippen molar-refractivity contribution >= 4 is 21.6 Å². The molecule has 6 heteroatoms. The van der Waals surface area contributed by atoms with Crippen molar-refractivity contribution in [1.82, 2.24) is 0 Å². The third-order valence-corrected chi connectivity index (χ3v) is 5.76. The maximum absolute atomic E-state index is 13.4.